The molecule has 1 unspecified atom stereocenters. The molecule has 0 bridgehead atoms. The summed E-state index contributed by atoms with van der Waals surface area (Å²) in [5.41, 5.74) is 1.45. The molecule has 0 spiro atoms. The fraction of sp³-hybridized carbons (Fsp3) is 0.619. The molecule has 1 saturated heterocycles. The SMILES string of the molecule is CC(C)C(C)c1ccc(NC(=O)[C@H]2CCCN2C(=O)OC(C)(C)C)cc1. The Kier molecular flexibility index (Phi) is 6.32. The molecule has 1 aliphatic rings. The second-order valence-electron chi connectivity index (χ2n) is 8.48. The monoisotopic (exact) mass is 360 g/mol. The van der Waals surface area contributed by atoms with Crippen molar-refractivity contribution in [3.05, 3.63) is 29.8 Å². The number of anilines is 1. The summed E-state index contributed by atoms with van der Waals surface area (Å²) in [5.74, 6) is 0.881. The molecular weight excluding hydrogens is 328 g/mol. The summed E-state index contributed by atoms with van der Waals surface area (Å²) in [6, 6.07) is 7.50. The van der Waals surface area contributed by atoms with Gasteiger partial charge in [0.05, 0.1) is 0 Å². The highest BCUT2D eigenvalue weighted by atomic mass is 16.6. The Morgan fingerprint density at radius 2 is 1.77 bits per heavy atom. The van der Waals surface area contributed by atoms with Crippen LogP contribution in [-0.4, -0.2) is 35.1 Å². The van der Waals surface area contributed by atoms with Crippen molar-refractivity contribution in [2.75, 3.05) is 11.9 Å². The number of hydrogen-bond acceptors (Lipinski definition) is 3. The first-order valence-corrected chi connectivity index (χ1v) is 9.49. The van der Waals surface area contributed by atoms with Crippen molar-refractivity contribution in [1.82, 2.24) is 4.90 Å². The summed E-state index contributed by atoms with van der Waals surface area (Å²) in [6.45, 7) is 12.6. The van der Waals surface area contributed by atoms with Gasteiger partial charge in [-0.3, -0.25) is 9.69 Å². The Bertz CT molecular complexity index is 632. The van der Waals surface area contributed by atoms with Gasteiger partial charge < -0.3 is 10.1 Å². The van der Waals surface area contributed by atoms with Gasteiger partial charge in [0.1, 0.15) is 11.6 Å². The lowest BCUT2D eigenvalue weighted by Crippen LogP contribution is -2.45. The maximum absolute atomic E-state index is 12.7. The Morgan fingerprint density at radius 3 is 2.31 bits per heavy atom. The van der Waals surface area contributed by atoms with Gasteiger partial charge >= 0.3 is 6.09 Å². The smallest absolute Gasteiger partial charge is 0.410 e. The van der Waals surface area contributed by atoms with Crippen LogP contribution in [0.5, 0.6) is 0 Å². The van der Waals surface area contributed by atoms with Gasteiger partial charge in [0.25, 0.3) is 0 Å². The van der Waals surface area contributed by atoms with Gasteiger partial charge in [0.2, 0.25) is 5.91 Å². The van der Waals surface area contributed by atoms with Gasteiger partial charge in [-0.25, -0.2) is 4.79 Å². The number of rotatable bonds is 4. The molecule has 1 aromatic carbocycles. The molecule has 1 heterocycles. The minimum atomic E-state index is -0.566. The highest BCUT2D eigenvalue weighted by Crippen LogP contribution is 2.26. The Labute approximate surface area is 157 Å². The van der Waals surface area contributed by atoms with Crippen LogP contribution in [0.2, 0.25) is 0 Å². The normalized spacial score (nSPS) is 18.7. The summed E-state index contributed by atoms with van der Waals surface area (Å²) in [5, 5.41) is 2.94. The average Bonchev–Trinajstić information content (AvgIpc) is 3.03. The second-order valence-corrected chi connectivity index (χ2v) is 8.48. The summed E-state index contributed by atoms with van der Waals surface area (Å²) < 4.78 is 5.42. The molecular formula is C21H32N2O3. The van der Waals surface area contributed by atoms with Crippen molar-refractivity contribution in [3.8, 4) is 0 Å². The third-order valence-electron chi connectivity index (χ3n) is 4.89. The van der Waals surface area contributed by atoms with Crippen molar-refractivity contribution < 1.29 is 14.3 Å². The molecule has 2 atom stereocenters. The predicted octanol–water partition coefficient (Wildman–Crippen LogP) is 4.78. The molecule has 1 N–H and O–H groups in total. The van der Waals surface area contributed by atoms with Crippen LogP contribution in [0.15, 0.2) is 24.3 Å². The number of ether oxygens (including phenoxy) is 1. The lowest BCUT2D eigenvalue weighted by atomic mass is 9.90. The molecule has 1 aliphatic heterocycles. The number of hydrogen-bond donors (Lipinski definition) is 1. The van der Waals surface area contributed by atoms with E-state index in [9.17, 15) is 9.59 Å². The van der Waals surface area contributed by atoms with Gasteiger partial charge in [0.15, 0.2) is 0 Å². The lowest BCUT2D eigenvalue weighted by molar-refractivity contribution is -0.120. The fourth-order valence-corrected chi connectivity index (χ4v) is 3.06. The van der Waals surface area contributed by atoms with Gasteiger partial charge in [0, 0.05) is 12.2 Å². The zero-order valence-corrected chi connectivity index (χ0v) is 16.8. The summed E-state index contributed by atoms with van der Waals surface area (Å²) >= 11 is 0. The highest BCUT2D eigenvalue weighted by molar-refractivity contribution is 5.96. The predicted molar refractivity (Wildman–Crippen MR) is 104 cm³/mol. The third-order valence-corrected chi connectivity index (χ3v) is 4.89. The van der Waals surface area contributed by atoms with Crippen LogP contribution in [0.4, 0.5) is 10.5 Å². The average molecular weight is 360 g/mol. The van der Waals surface area contributed by atoms with E-state index >= 15 is 0 Å². The summed E-state index contributed by atoms with van der Waals surface area (Å²) in [6.07, 6.45) is 1.05. The number of carbonyl (C=O) groups is 2. The number of likely N-dealkylation sites (tertiary alicyclic amines) is 1. The maximum atomic E-state index is 12.7. The van der Waals surface area contributed by atoms with Crippen LogP contribution in [-0.2, 0) is 9.53 Å². The summed E-state index contributed by atoms with van der Waals surface area (Å²) in [7, 11) is 0. The standard InChI is InChI=1S/C21H32N2O3/c1-14(2)15(3)16-9-11-17(12-10-16)22-19(24)18-8-7-13-23(18)20(25)26-21(4,5)6/h9-12,14-15,18H,7-8,13H2,1-6H3,(H,22,24)/t15?,18-/m1/s1. The van der Waals surface area contributed by atoms with Gasteiger partial charge in [-0.05, 0) is 63.1 Å². The van der Waals surface area contributed by atoms with E-state index in [0.29, 0.717) is 24.8 Å². The molecule has 1 aromatic rings. The van der Waals surface area contributed by atoms with Crippen molar-refractivity contribution in [3.63, 3.8) is 0 Å². The topological polar surface area (TPSA) is 58.6 Å². The van der Waals surface area contributed by atoms with Crippen LogP contribution < -0.4 is 5.32 Å². The maximum Gasteiger partial charge on any atom is 0.410 e. The van der Waals surface area contributed by atoms with Crippen molar-refractivity contribution in [2.45, 2.75) is 71.9 Å². The minimum Gasteiger partial charge on any atom is -0.444 e. The van der Waals surface area contributed by atoms with Gasteiger partial charge in [-0.1, -0.05) is 32.9 Å². The van der Waals surface area contributed by atoms with E-state index in [1.807, 2.05) is 32.9 Å². The Hall–Kier alpha value is -2.04. The quantitative estimate of drug-likeness (QED) is 0.840. The zero-order chi connectivity index (χ0) is 19.5. The number of carbonyl (C=O) groups excluding carboxylic acids is 2. The van der Waals surface area contributed by atoms with Crippen LogP contribution in [0.3, 0.4) is 0 Å². The van der Waals surface area contributed by atoms with E-state index in [1.165, 1.54) is 10.5 Å². The highest BCUT2D eigenvalue weighted by Gasteiger charge is 2.36. The van der Waals surface area contributed by atoms with Crippen LogP contribution >= 0.6 is 0 Å². The molecule has 5 heteroatoms. The number of amides is 2. The number of benzene rings is 1. The molecule has 0 saturated carbocycles. The first kappa shape index (κ1) is 20.3. The van der Waals surface area contributed by atoms with Gasteiger partial charge in [-0.2, -0.15) is 0 Å². The molecule has 144 valence electrons. The van der Waals surface area contributed by atoms with E-state index in [0.717, 1.165) is 12.1 Å². The Balaban J connectivity index is 2.01. The fourth-order valence-electron chi connectivity index (χ4n) is 3.06. The van der Waals surface area contributed by atoms with Gasteiger partial charge in [-0.15, -0.1) is 0 Å². The molecule has 0 aromatic heterocycles. The first-order valence-electron chi connectivity index (χ1n) is 9.49. The number of nitrogens with one attached hydrogen (secondary N) is 1. The van der Waals surface area contributed by atoms with E-state index in [2.05, 4.69) is 38.2 Å². The van der Waals surface area contributed by atoms with E-state index < -0.39 is 17.7 Å². The molecule has 0 aliphatic carbocycles. The largest absolute Gasteiger partial charge is 0.444 e. The first-order chi connectivity index (χ1) is 12.1. The van der Waals surface area contributed by atoms with Crippen LogP contribution in [0.1, 0.15) is 65.9 Å². The third kappa shape index (κ3) is 5.23. The van der Waals surface area contributed by atoms with Crippen molar-refractivity contribution >= 4 is 17.7 Å². The molecule has 2 amide bonds. The lowest BCUT2D eigenvalue weighted by Gasteiger charge is -2.28. The number of nitrogens with zero attached hydrogens (tertiary/aromatic N) is 1. The summed E-state index contributed by atoms with van der Waals surface area (Å²) in [4.78, 5) is 26.5. The van der Waals surface area contributed by atoms with Crippen LogP contribution in [0, 0.1) is 5.92 Å². The molecule has 2 rings (SSSR count). The zero-order valence-electron chi connectivity index (χ0n) is 16.8. The second kappa shape index (κ2) is 8.11. The minimum absolute atomic E-state index is 0.155. The Morgan fingerprint density at radius 1 is 1.15 bits per heavy atom. The molecule has 26 heavy (non-hydrogen) atoms. The molecule has 5 nitrogen and oxygen atoms in total. The molecule has 0 radical (unpaired) electrons. The van der Waals surface area contributed by atoms with Crippen molar-refractivity contribution in [2.24, 2.45) is 5.92 Å². The van der Waals surface area contributed by atoms with E-state index in [-0.39, 0.29) is 5.91 Å². The van der Waals surface area contributed by atoms with Crippen molar-refractivity contribution in [1.29, 1.82) is 0 Å². The van der Waals surface area contributed by atoms with Crippen LogP contribution in [0.25, 0.3) is 0 Å². The molecule has 1 fully saturated rings. The van der Waals surface area contributed by atoms with E-state index in [4.69, 9.17) is 4.74 Å². The van der Waals surface area contributed by atoms with E-state index in [1.54, 1.807) is 0 Å².